The van der Waals surface area contributed by atoms with Crippen molar-refractivity contribution in [2.24, 2.45) is 0 Å². The highest BCUT2D eigenvalue weighted by Crippen LogP contribution is 2.52. The molecule has 0 saturated carbocycles. The van der Waals surface area contributed by atoms with Gasteiger partial charge in [0.15, 0.2) is 17.5 Å². The Morgan fingerprint density at radius 3 is 1.79 bits per heavy atom. The quantitative estimate of drug-likeness (QED) is 0.175. The molecular formula is C46H26BN3O3. The van der Waals surface area contributed by atoms with Crippen molar-refractivity contribution in [2.45, 2.75) is 5.41 Å². The molecule has 1 atom stereocenters. The number of furan rings is 1. The van der Waals surface area contributed by atoms with Gasteiger partial charge in [0.2, 0.25) is 0 Å². The Morgan fingerprint density at radius 2 is 1.08 bits per heavy atom. The normalized spacial score (nSPS) is 15.9. The van der Waals surface area contributed by atoms with E-state index in [9.17, 15) is 0 Å². The second-order valence-corrected chi connectivity index (χ2v) is 13.8. The molecule has 0 N–H and O–H groups in total. The minimum absolute atomic E-state index is 0.0498. The van der Waals surface area contributed by atoms with E-state index in [1.54, 1.807) is 0 Å². The Morgan fingerprint density at radius 1 is 0.472 bits per heavy atom. The zero-order valence-electron chi connectivity index (χ0n) is 28.2. The Balaban J connectivity index is 1.26. The SMILES string of the molecule is c1ccc(-c2nc3nc(n2)C(c2ccccc2)(c2cc4c5c(c2)Oc2ccccc2B5c2ccccc2O4)c2cccc4oc5cccc-3c5c24)cc1. The molecule has 6 nitrogen and oxygen atoms in total. The Kier molecular flexibility index (Phi) is 5.70. The average molecular weight is 680 g/mol. The van der Waals surface area contributed by atoms with Gasteiger partial charge in [0.05, 0.1) is 0 Å². The van der Waals surface area contributed by atoms with Crippen molar-refractivity contribution in [3.63, 3.8) is 0 Å². The van der Waals surface area contributed by atoms with Gasteiger partial charge in [-0.3, -0.25) is 0 Å². The molecule has 0 saturated heterocycles. The summed E-state index contributed by atoms with van der Waals surface area (Å²) in [6.45, 7) is -0.0498. The fourth-order valence-electron chi connectivity index (χ4n) is 8.90. The predicted molar refractivity (Wildman–Crippen MR) is 208 cm³/mol. The van der Waals surface area contributed by atoms with Crippen molar-refractivity contribution < 1.29 is 13.9 Å². The van der Waals surface area contributed by atoms with E-state index in [-0.39, 0.29) is 6.71 Å². The summed E-state index contributed by atoms with van der Waals surface area (Å²) < 4.78 is 20.4. The molecule has 1 unspecified atom stereocenters. The van der Waals surface area contributed by atoms with E-state index in [1.807, 2.05) is 66.7 Å². The lowest BCUT2D eigenvalue weighted by Crippen LogP contribution is -2.57. The van der Waals surface area contributed by atoms with E-state index in [4.69, 9.17) is 28.8 Å². The lowest BCUT2D eigenvalue weighted by Gasteiger charge is -2.38. The molecule has 3 aliphatic heterocycles. The Hall–Kier alpha value is -6.99. The van der Waals surface area contributed by atoms with Gasteiger partial charge in [0.1, 0.15) is 39.6 Å². The largest absolute Gasteiger partial charge is 0.458 e. The molecule has 7 aromatic carbocycles. The zero-order chi connectivity index (χ0) is 34.7. The minimum atomic E-state index is -1.06. The van der Waals surface area contributed by atoms with Crippen molar-refractivity contribution in [2.75, 3.05) is 0 Å². The standard InChI is InChI=1S/C46H26BN3O3/c1-3-13-27(14-4-1)43-48-44-30-17-11-23-36-40(30)41-31(18-12-24-37(41)53-36)46(45(49-43)50-44,28-15-5-2-6-16-28)29-25-38-42-39(26-29)52-35-22-10-8-20-33(35)47(42)32-19-7-9-21-34(32)51-38/h1-26H. The summed E-state index contributed by atoms with van der Waals surface area (Å²) >= 11 is 0. The van der Waals surface area contributed by atoms with Crippen LogP contribution in [0, 0.1) is 0 Å². The maximum absolute atomic E-state index is 6.88. The van der Waals surface area contributed by atoms with Crippen LogP contribution >= 0.6 is 0 Å². The lowest BCUT2D eigenvalue weighted by atomic mass is 9.35. The van der Waals surface area contributed by atoms with E-state index < -0.39 is 5.41 Å². The molecule has 2 aromatic heterocycles. The molecule has 12 rings (SSSR count). The van der Waals surface area contributed by atoms with Gasteiger partial charge in [-0.15, -0.1) is 0 Å². The number of rotatable bonds is 3. The zero-order valence-corrected chi connectivity index (χ0v) is 28.2. The Bertz CT molecular complexity index is 2910. The highest BCUT2D eigenvalue weighted by molar-refractivity contribution is 6.98. The third-order valence-electron chi connectivity index (χ3n) is 11.1. The predicted octanol–water partition coefficient (Wildman–Crippen LogP) is 8.53. The number of ether oxygens (including phenoxy) is 2. The van der Waals surface area contributed by atoms with Gasteiger partial charge >= 0.3 is 0 Å². The third-order valence-corrected chi connectivity index (χ3v) is 11.1. The molecule has 0 aliphatic carbocycles. The van der Waals surface area contributed by atoms with Gasteiger partial charge in [-0.25, -0.2) is 15.0 Å². The van der Waals surface area contributed by atoms with Crippen LogP contribution in [0.3, 0.4) is 0 Å². The van der Waals surface area contributed by atoms with Gasteiger partial charge in [-0.1, -0.05) is 121 Å². The highest BCUT2D eigenvalue weighted by Gasteiger charge is 2.48. The van der Waals surface area contributed by atoms with Gasteiger partial charge < -0.3 is 13.9 Å². The van der Waals surface area contributed by atoms with Crippen molar-refractivity contribution >= 4 is 45.0 Å². The molecule has 0 amide bonds. The number of para-hydroxylation sites is 2. The minimum Gasteiger partial charge on any atom is -0.458 e. The number of nitrogens with zero attached hydrogens (tertiary/aromatic N) is 3. The average Bonchev–Trinajstić information content (AvgIpc) is 3.61. The molecular weight excluding hydrogens is 653 g/mol. The molecule has 0 fully saturated rings. The maximum Gasteiger partial charge on any atom is 0.260 e. The van der Waals surface area contributed by atoms with Crippen LogP contribution in [0.25, 0.3) is 44.7 Å². The lowest BCUT2D eigenvalue weighted by molar-refractivity contribution is 0.461. The van der Waals surface area contributed by atoms with Crippen LogP contribution in [0.4, 0.5) is 0 Å². The van der Waals surface area contributed by atoms with Crippen molar-refractivity contribution in [1.29, 1.82) is 0 Å². The summed E-state index contributed by atoms with van der Waals surface area (Å²) in [6, 6.07) is 54.0. The molecule has 246 valence electrons. The van der Waals surface area contributed by atoms with Crippen molar-refractivity contribution in [3.8, 4) is 45.8 Å². The summed E-state index contributed by atoms with van der Waals surface area (Å²) in [6.07, 6.45) is 0. The second-order valence-electron chi connectivity index (χ2n) is 13.8. The maximum atomic E-state index is 6.88. The van der Waals surface area contributed by atoms with Crippen LogP contribution < -0.4 is 25.9 Å². The highest BCUT2D eigenvalue weighted by atomic mass is 16.5. The molecule has 3 aliphatic rings. The van der Waals surface area contributed by atoms with Gasteiger partial charge in [-0.05, 0) is 64.0 Å². The summed E-state index contributed by atoms with van der Waals surface area (Å²) in [5, 5.41) is 1.98. The first-order chi connectivity index (χ1) is 26.3. The van der Waals surface area contributed by atoms with E-state index in [2.05, 4.69) is 91.0 Å². The number of aromatic nitrogens is 3. The molecule has 5 heterocycles. The number of hydrogen-bond acceptors (Lipinski definition) is 6. The first-order valence-corrected chi connectivity index (χ1v) is 17.8. The van der Waals surface area contributed by atoms with Crippen LogP contribution in [0.5, 0.6) is 23.0 Å². The topological polar surface area (TPSA) is 70.3 Å². The molecule has 0 radical (unpaired) electrons. The molecule has 53 heavy (non-hydrogen) atoms. The smallest absolute Gasteiger partial charge is 0.260 e. The summed E-state index contributed by atoms with van der Waals surface area (Å²) in [7, 11) is 0. The van der Waals surface area contributed by atoms with Crippen LogP contribution in [-0.4, -0.2) is 21.7 Å². The summed E-state index contributed by atoms with van der Waals surface area (Å²) in [5.41, 5.74) is 8.45. The van der Waals surface area contributed by atoms with Gasteiger partial charge in [0.25, 0.3) is 6.71 Å². The molecule has 7 heteroatoms. The Labute approximate surface area is 304 Å². The van der Waals surface area contributed by atoms with E-state index in [0.29, 0.717) is 17.5 Å². The fraction of sp³-hybridized carbons (Fsp3) is 0.0217. The van der Waals surface area contributed by atoms with Crippen molar-refractivity contribution in [1.82, 2.24) is 15.0 Å². The number of fused-ring (bicyclic) bond motifs is 7. The van der Waals surface area contributed by atoms with Crippen LogP contribution in [0.15, 0.2) is 162 Å². The summed E-state index contributed by atoms with van der Waals surface area (Å²) in [5.74, 6) is 4.93. The first kappa shape index (κ1) is 28.7. The second kappa shape index (κ2) is 10.5. The molecule has 9 aromatic rings. The van der Waals surface area contributed by atoms with E-state index in [1.165, 1.54) is 0 Å². The first-order valence-electron chi connectivity index (χ1n) is 17.8. The third kappa shape index (κ3) is 3.85. The molecule has 0 spiro atoms. The van der Waals surface area contributed by atoms with Crippen LogP contribution in [0.1, 0.15) is 22.5 Å². The molecule has 2 bridgehead atoms. The van der Waals surface area contributed by atoms with E-state index >= 15 is 0 Å². The van der Waals surface area contributed by atoms with Gasteiger partial charge in [-0.2, -0.15) is 0 Å². The van der Waals surface area contributed by atoms with Gasteiger partial charge in [0, 0.05) is 27.4 Å². The van der Waals surface area contributed by atoms with Crippen LogP contribution in [-0.2, 0) is 5.41 Å². The fourth-order valence-corrected chi connectivity index (χ4v) is 8.90. The number of hydrogen-bond donors (Lipinski definition) is 0. The van der Waals surface area contributed by atoms with Crippen LogP contribution in [0.2, 0.25) is 0 Å². The number of benzene rings is 7. The monoisotopic (exact) mass is 679 g/mol. The van der Waals surface area contributed by atoms with E-state index in [0.717, 1.165) is 89.1 Å². The summed E-state index contributed by atoms with van der Waals surface area (Å²) in [4.78, 5) is 16.0. The van der Waals surface area contributed by atoms with Crippen molar-refractivity contribution in [3.05, 3.63) is 180 Å².